The van der Waals surface area contributed by atoms with Gasteiger partial charge in [0.2, 0.25) is 0 Å². The molecule has 0 bridgehead atoms. The van der Waals surface area contributed by atoms with Crippen LogP contribution < -0.4 is 0 Å². The smallest absolute Gasteiger partial charge is 0.0944 e. The Labute approximate surface area is 90.6 Å². The van der Waals surface area contributed by atoms with Crippen LogP contribution in [-0.4, -0.2) is 47.4 Å². The number of hydrogen-bond donors (Lipinski definition) is 2. The fourth-order valence-electron chi connectivity index (χ4n) is 0.206. The Kier molecular flexibility index (Phi) is 18.3. The second kappa shape index (κ2) is 12.5. The van der Waals surface area contributed by atoms with Gasteiger partial charge in [-0.2, -0.15) is 0 Å². The number of aliphatic hydroxyl groups is 2. The number of hydrogen-bond acceptors (Lipinski definition) is 3. The molecule has 0 amide bonds. The van der Waals surface area contributed by atoms with E-state index in [1.807, 2.05) is 0 Å². The zero-order valence-corrected chi connectivity index (χ0v) is 7.55. The normalized spacial score (nSPS) is 19.8. The van der Waals surface area contributed by atoms with Gasteiger partial charge in [0.25, 0.3) is 0 Å². The minimum atomic E-state index is -0.744. The Morgan fingerprint density at radius 2 is 1.85 bits per heavy atom. The molecule has 1 heterocycles. The van der Waals surface area contributed by atoms with Crippen molar-refractivity contribution in [2.24, 2.45) is 0 Å². The van der Waals surface area contributed by atoms with Crippen LogP contribution in [0, 0.1) is 0 Å². The maximum atomic E-state index is 8.28. The molecule has 13 heavy (non-hydrogen) atoms. The molecule has 2 atom stereocenters. The van der Waals surface area contributed by atoms with Crippen molar-refractivity contribution in [2.45, 2.75) is 27.1 Å². The number of epoxide rings is 1. The van der Waals surface area contributed by atoms with Gasteiger partial charge in [-0.15, -0.1) is 23.2 Å². The van der Waals surface area contributed by atoms with Crippen molar-refractivity contribution in [3.05, 3.63) is 0 Å². The molecule has 3 nitrogen and oxygen atoms in total. The van der Waals surface area contributed by atoms with Gasteiger partial charge in [-0.1, -0.05) is 14.9 Å². The topological polar surface area (TPSA) is 53.0 Å². The van der Waals surface area contributed by atoms with E-state index in [-0.39, 0.29) is 27.3 Å². The SMILES string of the molecule is C.C.ClCC1CO1.OCC(O)CCl. The van der Waals surface area contributed by atoms with Crippen molar-refractivity contribution in [2.75, 3.05) is 25.0 Å². The standard InChI is InChI=1S/C3H7ClO2.C3H5ClO.2CH4/c4-1-3(6)2-5;4-1-3-2-5-3;;/h3,5-6H,1-2H2;3H,1-2H2;2*1H4. The van der Waals surface area contributed by atoms with Crippen LogP contribution in [0.15, 0.2) is 0 Å². The lowest BCUT2D eigenvalue weighted by Gasteiger charge is -1.95. The third-order valence-corrected chi connectivity index (χ3v) is 1.66. The van der Waals surface area contributed by atoms with Gasteiger partial charge in [-0.25, -0.2) is 0 Å². The lowest BCUT2D eigenvalue weighted by molar-refractivity contribution is 0.112. The third kappa shape index (κ3) is 15.2. The number of aliphatic hydroxyl groups excluding tert-OH is 2. The summed E-state index contributed by atoms with van der Waals surface area (Å²) in [7, 11) is 0. The summed E-state index contributed by atoms with van der Waals surface area (Å²) in [6.45, 7) is 0.632. The Balaban J connectivity index is -0.000000134. The summed E-state index contributed by atoms with van der Waals surface area (Å²) in [5.74, 6) is 0.774. The van der Waals surface area contributed by atoms with Crippen LogP contribution in [-0.2, 0) is 4.74 Å². The fraction of sp³-hybridized carbons (Fsp3) is 1.00. The minimum absolute atomic E-state index is 0. The van der Waals surface area contributed by atoms with Crippen molar-refractivity contribution < 1.29 is 14.9 Å². The van der Waals surface area contributed by atoms with Crippen LogP contribution in [0.4, 0.5) is 0 Å². The largest absolute Gasteiger partial charge is 0.394 e. The summed E-state index contributed by atoms with van der Waals surface area (Å²) in [5, 5.41) is 16.3. The Hall–Kier alpha value is 0.460. The predicted octanol–water partition coefficient (Wildman–Crippen LogP) is 1.47. The number of halogens is 2. The van der Waals surface area contributed by atoms with E-state index in [2.05, 4.69) is 0 Å². The second-order valence-electron chi connectivity index (χ2n) is 2.10. The zero-order valence-electron chi connectivity index (χ0n) is 6.04. The highest BCUT2D eigenvalue weighted by atomic mass is 35.5. The summed E-state index contributed by atoms with van der Waals surface area (Å²) in [5.41, 5.74) is 0. The third-order valence-electron chi connectivity index (χ3n) is 0.963. The fourth-order valence-corrected chi connectivity index (χ4v) is 0.482. The van der Waals surface area contributed by atoms with E-state index >= 15 is 0 Å². The molecule has 1 fully saturated rings. The molecule has 5 heteroatoms. The van der Waals surface area contributed by atoms with Gasteiger partial charge in [0.05, 0.1) is 37.2 Å². The monoisotopic (exact) mass is 234 g/mol. The summed E-state index contributed by atoms with van der Waals surface area (Å²) in [4.78, 5) is 0. The van der Waals surface area contributed by atoms with Gasteiger partial charge in [0, 0.05) is 0 Å². The average molecular weight is 235 g/mol. The highest BCUT2D eigenvalue weighted by Crippen LogP contribution is 2.08. The second-order valence-corrected chi connectivity index (χ2v) is 2.72. The molecular weight excluding hydrogens is 215 g/mol. The first-order valence-corrected chi connectivity index (χ1v) is 4.34. The van der Waals surface area contributed by atoms with Gasteiger partial charge >= 0.3 is 0 Å². The van der Waals surface area contributed by atoms with Crippen LogP contribution in [0.1, 0.15) is 14.9 Å². The molecule has 0 spiro atoms. The molecular formula is C8H20Cl2O3. The van der Waals surface area contributed by atoms with Crippen LogP contribution in [0.2, 0.25) is 0 Å². The van der Waals surface area contributed by atoms with Gasteiger partial charge < -0.3 is 14.9 Å². The average Bonchev–Trinajstić information content (AvgIpc) is 2.86. The summed E-state index contributed by atoms with van der Waals surface area (Å²) < 4.78 is 4.73. The molecule has 1 saturated heterocycles. The van der Waals surface area contributed by atoms with E-state index in [0.29, 0.717) is 12.0 Å². The van der Waals surface area contributed by atoms with Crippen molar-refractivity contribution in [1.82, 2.24) is 0 Å². The number of ether oxygens (including phenoxy) is 1. The van der Waals surface area contributed by atoms with Crippen molar-refractivity contribution in [3.8, 4) is 0 Å². The molecule has 0 aromatic heterocycles. The van der Waals surface area contributed by atoms with Gasteiger partial charge in [0.15, 0.2) is 0 Å². The quantitative estimate of drug-likeness (QED) is 0.575. The minimum Gasteiger partial charge on any atom is -0.394 e. The van der Waals surface area contributed by atoms with Crippen LogP contribution in [0.5, 0.6) is 0 Å². The number of rotatable bonds is 3. The highest BCUT2D eigenvalue weighted by molar-refractivity contribution is 6.18. The molecule has 0 radical (unpaired) electrons. The van der Waals surface area contributed by atoms with Crippen LogP contribution in [0.25, 0.3) is 0 Å². The van der Waals surface area contributed by atoms with E-state index in [9.17, 15) is 0 Å². The van der Waals surface area contributed by atoms with E-state index in [4.69, 9.17) is 38.2 Å². The van der Waals surface area contributed by atoms with E-state index < -0.39 is 6.10 Å². The Morgan fingerprint density at radius 3 is 1.85 bits per heavy atom. The Morgan fingerprint density at radius 1 is 1.38 bits per heavy atom. The first kappa shape index (κ1) is 19.1. The van der Waals surface area contributed by atoms with Gasteiger partial charge in [-0.05, 0) is 0 Å². The maximum absolute atomic E-state index is 8.28. The lowest BCUT2D eigenvalue weighted by atomic mass is 10.5. The van der Waals surface area contributed by atoms with Crippen molar-refractivity contribution in [1.29, 1.82) is 0 Å². The van der Waals surface area contributed by atoms with E-state index in [1.165, 1.54) is 0 Å². The maximum Gasteiger partial charge on any atom is 0.0944 e. The summed E-state index contributed by atoms with van der Waals surface area (Å²) in [6.07, 6.45) is -0.344. The Bertz CT molecular complexity index is 85.5. The van der Waals surface area contributed by atoms with Crippen molar-refractivity contribution in [3.63, 3.8) is 0 Å². The van der Waals surface area contributed by atoms with Gasteiger partial charge in [0.1, 0.15) is 0 Å². The summed E-state index contributed by atoms with van der Waals surface area (Å²) in [6, 6.07) is 0. The van der Waals surface area contributed by atoms with E-state index in [1.54, 1.807) is 0 Å². The molecule has 0 aromatic carbocycles. The van der Waals surface area contributed by atoms with Gasteiger partial charge in [-0.3, -0.25) is 0 Å². The first-order valence-electron chi connectivity index (χ1n) is 3.27. The predicted molar refractivity (Wildman–Crippen MR) is 57.7 cm³/mol. The molecule has 1 aliphatic rings. The van der Waals surface area contributed by atoms with Crippen LogP contribution >= 0.6 is 23.2 Å². The lowest BCUT2D eigenvalue weighted by Crippen LogP contribution is -2.12. The molecule has 1 aliphatic heterocycles. The molecule has 0 saturated carbocycles. The van der Waals surface area contributed by atoms with Crippen LogP contribution in [0.3, 0.4) is 0 Å². The zero-order chi connectivity index (χ0) is 8.69. The summed E-state index contributed by atoms with van der Waals surface area (Å²) >= 11 is 10.3. The molecule has 0 aromatic rings. The van der Waals surface area contributed by atoms with Crippen molar-refractivity contribution >= 4 is 23.2 Å². The first-order chi connectivity index (χ1) is 5.24. The highest BCUT2D eigenvalue weighted by Gasteiger charge is 2.19. The molecule has 2 N–H and O–H groups in total. The van der Waals surface area contributed by atoms with E-state index in [0.717, 1.165) is 6.61 Å². The molecule has 0 aliphatic carbocycles. The number of alkyl halides is 2. The molecule has 2 unspecified atom stereocenters. The molecule has 84 valence electrons. The molecule has 1 rings (SSSR count).